The normalized spacial score (nSPS) is 9.72. The first-order valence-electron chi connectivity index (χ1n) is 5.71. The van der Waals surface area contributed by atoms with Gasteiger partial charge < -0.3 is 19.6 Å². The van der Waals surface area contributed by atoms with Gasteiger partial charge in [-0.15, -0.1) is 0 Å². The number of aliphatic carboxylic acids is 1. The van der Waals surface area contributed by atoms with E-state index in [1.807, 2.05) is 0 Å². The molecular weight excluding hydrogens is 240 g/mol. The maximum Gasteiger partial charge on any atom is 0.325 e. The third-order valence-electron chi connectivity index (χ3n) is 2.41. The van der Waals surface area contributed by atoms with Crippen molar-refractivity contribution in [1.82, 2.24) is 9.80 Å². The summed E-state index contributed by atoms with van der Waals surface area (Å²) in [6.45, 7) is 2.38. The number of carbonyl (C=O) groups is 3. The zero-order valence-corrected chi connectivity index (χ0v) is 11.0. The number of carboxylic acid groups (broad SMARTS) is 1. The average molecular weight is 260 g/mol. The highest BCUT2D eigenvalue weighted by Gasteiger charge is 2.19. The van der Waals surface area contributed by atoms with Crippen LogP contribution in [0.1, 0.15) is 19.8 Å². The Labute approximate surface area is 106 Å². The van der Waals surface area contributed by atoms with Gasteiger partial charge >= 0.3 is 18.0 Å². The van der Waals surface area contributed by atoms with E-state index in [4.69, 9.17) is 5.11 Å². The maximum atomic E-state index is 11.9. The molecule has 1 N–H and O–H groups in total. The van der Waals surface area contributed by atoms with Crippen LogP contribution in [0, 0.1) is 0 Å². The minimum absolute atomic E-state index is 0.0146. The van der Waals surface area contributed by atoms with Crippen LogP contribution in [0.15, 0.2) is 0 Å². The molecule has 0 unspecified atom stereocenters. The van der Waals surface area contributed by atoms with Crippen molar-refractivity contribution in [3.05, 3.63) is 0 Å². The molecule has 0 saturated carbocycles. The molecule has 0 heterocycles. The number of likely N-dealkylation sites (N-methyl/N-ethyl adjacent to an activating group) is 1. The van der Waals surface area contributed by atoms with Gasteiger partial charge in [0.2, 0.25) is 0 Å². The predicted octanol–water partition coefficient (Wildman–Crippen LogP) is 0.398. The number of esters is 1. The largest absolute Gasteiger partial charge is 0.481 e. The molecule has 0 aromatic rings. The number of amides is 2. The van der Waals surface area contributed by atoms with Crippen molar-refractivity contribution < 1.29 is 24.2 Å². The monoisotopic (exact) mass is 260 g/mol. The van der Waals surface area contributed by atoms with E-state index in [0.717, 1.165) is 0 Å². The lowest BCUT2D eigenvalue weighted by atomic mass is 10.3. The number of carboxylic acids is 1. The van der Waals surface area contributed by atoms with Crippen molar-refractivity contribution in [3.63, 3.8) is 0 Å². The van der Waals surface area contributed by atoms with Gasteiger partial charge in [0, 0.05) is 26.6 Å². The van der Waals surface area contributed by atoms with Crippen molar-refractivity contribution >= 4 is 18.0 Å². The Balaban J connectivity index is 4.22. The Bertz CT molecular complexity index is 306. The van der Waals surface area contributed by atoms with Gasteiger partial charge in [0.15, 0.2) is 0 Å². The maximum absolute atomic E-state index is 11.9. The van der Waals surface area contributed by atoms with E-state index in [0.29, 0.717) is 19.5 Å². The van der Waals surface area contributed by atoms with Gasteiger partial charge in [-0.3, -0.25) is 9.59 Å². The number of hydrogen-bond donors (Lipinski definition) is 1. The van der Waals surface area contributed by atoms with Crippen molar-refractivity contribution in [3.8, 4) is 0 Å². The number of nitrogens with zero attached hydrogens (tertiary/aromatic N) is 2. The summed E-state index contributed by atoms with van der Waals surface area (Å²) < 4.78 is 4.50. The molecule has 7 nitrogen and oxygen atoms in total. The molecule has 104 valence electrons. The molecule has 0 rings (SSSR count). The third-order valence-corrected chi connectivity index (χ3v) is 2.41. The molecule has 0 aliphatic rings. The number of methoxy groups -OCH3 is 1. The highest BCUT2D eigenvalue weighted by atomic mass is 16.5. The molecule has 0 aliphatic carbocycles. The van der Waals surface area contributed by atoms with Crippen LogP contribution in [0.3, 0.4) is 0 Å². The molecule has 0 aliphatic heterocycles. The van der Waals surface area contributed by atoms with Crippen molar-refractivity contribution in [2.45, 2.75) is 19.8 Å². The molecule has 0 saturated heterocycles. The third kappa shape index (κ3) is 6.07. The quantitative estimate of drug-likeness (QED) is 0.669. The van der Waals surface area contributed by atoms with Crippen LogP contribution < -0.4 is 0 Å². The molecule has 0 bridgehead atoms. The summed E-state index contributed by atoms with van der Waals surface area (Å²) in [7, 11) is 2.83. The van der Waals surface area contributed by atoms with Crippen LogP contribution in [-0.4, -0.2) is 66.7 Å². The van der Waals surface area contributed by atoms with Crippen LogP contribution in [0.5, 0.6) is 0 Å². The molecule has 0 spiro atoms. The minimum Gasteiger partial charge on any atom is -0.481 e. The van der Waals surface area contributed by atoms with E-state index < -0.39 is 11.9 Å². The number of urea groups is 1. The molecule has 18 heavy (non-hydrogen) atoms. The Morgan fingerprint density at radius 1 is 1.28 bits per heavy atom. The molecule has 0 aromatic carbocycles. The van der Waals surface area contributed by atoms with Crippen molar-refractivity contribution in [2.24, 2.45) is 0 Å². The lowest BCUT2D eigenvalue weighted by Crippen LogP contribution is -2.44. The zero-order chi connectivity index (χ0) is 14.1. The zero-order valence-electron chi connectivity index (χ0n) is 11.0. The van der Waals surface area contributed by atoms with E-state index in [1.165, 1.54) is 16.9 Å². The topological polar surface area (TPSA) is 87.2 Å². The first-order valence-corrected chi connectivity index (χ1v) is 5.71. The summed E-state index contributed by atoms with van der Waals surface area (Å²) in [6.07, 6.45) is 0.397. The number of ether oxygens (including phenoxy) is 1. The van der Waals surface area contributed by atoms with E-state index in [-0.39, 0.29) is 19.0 Å². The second-order valence-electron chi connectivity index (χ2n) is 3.79. The highest BCUT2D eigenvalue weighted by Crippen LogP contribution is 2.00. The highest BCUT2D eigenvalue weighted by molar-refractivity contribution is 5.80. The van der Waals surface area contributed by atoms with E-state index in [9.17, 15) is 14.4 Å². The Morgan fingerprint density at radius 2 is 1.89 bits per heavy atom. The van der Waals surface area contributed by atoms with E-state index >= 15 is 0 Å². The standard InChI is InChI=1S/C11H20N2O5/c1-4-13(8-10(16)18-3)11(17)12(2)7-5-6-9(14)15/h4-8H2,1-3H3,(H,14,15). The molecule has 7 heteroatoms. The summed E-state index contributed by atoms with van der Waals surface area (Å²) in [5, 5.41) is 8.50. The van der Waals surface area contributed by atoms with E-state index in [1.54, 1.807) is 14.0 Å². The van der Waals surface area contributed by atoms with Gasteiger partial charge in [-0.05, 0) is 13.3 Å². The number of hydrogen-bond acceptors (Lipinski definition) is 4. The predicted molar refractivity (Wildman–Crippen MR) is 64.2 cm³/mol. The van der Waals surface area contributed by atoms with E-state index in [2.05, 4.69) is 4.74 Å². The second kappa shape index (κ2) is 8.32. The van der Waals surface area contributed by atoms with Crippen LogP contribution in [0.4, 0.5) is 4.79 Å². The fraction of sp³-hybridized carbons (Fsp3) is 0.727. The minimum atomic E-state index is -0.891. The average Bonchev–Trinajstić information content (AvgIpc) is 2.34. The molecule has 0 radical (unpaired) electrons. The number of carbonyl (C=O) groups excluding carboxylic acids is 2. The van der Waals surface area contributed by atoms with Gasteiger partial charge in [0.05, 0.1) is 7.11 Å². The fourth-order valence-electron chi connectivity index (χ4n) is 1.34. The van der Waals surface area contributed by atoms with Crippen LogP contribution in [-0.2, 0) is 14.3 Å². The van der Waals surface area contributed by atoms with Gasteiger partial charge in [-0.25, -0.2) is 4.79 Å². The Kier molecular flexibility index (Phi) is 7.50. The van der Waals surface area contributed by atoms with Crippen molar-refractivity contribution in [1.29, 1.82) is 0 Å². The molecule has 0 aromatic heterocycles. The Morgan fingerprint density at radius 3 is 2.33 bits per heavy atom. The van der Waals surface area contributed by atoms with Gasteiger partial charge in [0.1, 0.15) is 6.54 Å². The molecular formula is C11H20N2O5. The number of rotatable bonds is 7. The molecule has 0 fully saturated rings. The fourth-order valence-corrected chi connectivity index (χ4v) is 1.34. The van der Waals surface area contributed by atoms with Gasteiger partial charge in [-0.2, -0.15) is 0 Å². The summed E-state index contributed by atoms with van der Waals surface area (Å²) in [6, 6.07) is -0.312. The van der Waals surface area contributed by atoms with Crippen LogP contribution in [0.25, 0.3) is 0 Å². The second-order valence-corrected chi connectivity index (χ2v) is 3.79. The van der Waals surface area contributed by atoms with Crippen molar-refractivity contribution in [2.75, 3.05) is 33.8 Å². The summed E-state index contributed by atoms with van der Waals surface area (Å²) in [4.78, 5) is 36.1. The SMILES string of the molecule is CCN(CC(=O)OC)C(=O)N(C)CCCC(=O)O. The summed E-state index contributed by atoms with van der Waals surface area (Å²) in [5.41, 5.74) is 0. The van der Waals surface area contributed by atoms with Gasteiger partial charge in [-0.1, -0.05) is 0 Å². The summed E-state index contributed by atoms with van der Waals surface area (Å²) in [5.74, 6) is -1.37. The Hall–Kier alpha value is -1.79. The first kappa shape index (κ1) is 16.2. The first-order chi connectivity index (χ1) is 8.42. The summed E-state index contributed by atoms with van der Waals surface area (Å²) >= 11 is 0. The molecule has 2 amide bonds. The lowest BCUT2D eigenvalue weighted by molar-refractivity contribution is -0.141. The molecule has 0 atom stereocenters. The smallest absolute Gasteiger partial charge is 0.325 e. The van der Waals surface area contributed by atoms with Crippen LogP contribution in [0.2, 0.25) is 0 Å². The lowest BCUT2D eigenvalue weighted by Gasteiger charge is -2.26. The van der Waals surface area contributed by atoms with Crippen LogP contribution >= 0.6 is 0 Å². The van der Waals surface area contributed by atoms with Gasteiger partial charge in [0.25, 0.3) is 0 Å².